The summed E-state index contributed by atoms with van der Waals surface area (Å²) in [4.78, 5) is 0.164. The minimum absolute atomic E-state index is 0.164. The molecule has 0 amide bonds. The Bertz CT molecular complexity index is 1260. The molecule has 1 aromatic heterocycles. The lowest BCUT2D eigenvalue weighted by molar-refractivity contribution is 0.416. The first kappa shape index (κ1) is 18.1. The van der Waals surface area contributed by atoms with Gasteiger partial charge in [0.1, 0.15) is 5.75 Å². The van der Waals surface area contributed by atoms with E-state index in [0.29, 0.717) is 17.0 Å². The number of ether oxygens (including phenoxy) is 1. The van der Waals surface area contributed by atoms with E-state index in [9.17, 15) is 8.42 Å². The molecular weight excluding hydrogens is 374 g/mol. The summed E-state index contributed by atoms with van der Waals surface area (Å²) in [6.07, 6.45) is 1.73. The van der Waals surface area contributed by atoms with Crippen LogP contribution < -0.4 is 9.46 Å². The number of benzene rings is 3. The summed E-state index contributed by atoms with van der Waals surface area (Å²) >= 11 is 0. The van der Waals surface area contributed by atoms with Crippen LogP contribution in [0.2, 0.25) is 0 Å². The molecule has 4 rings (SSSR count). The summed E-state index contributed by atoms with van der Waals surface area (Å²) in [6.45, 7) is 1.91. The Morgan fingerprint density at radius 1 is 1.04 bits per heavy atom. The van der Waals surface area contributed by atoms with Crippen LogP contribution in [0.1, 0.15) is 5.56 Å². The molecule has 0 unspecified atom stereocenters. The molecule has 7 heteroatoms. The number of hydrogen-bond acceptors (Lipinski definition) is 4. The molecule has 0 aliphatic carbocycles. The van der Waals surface area contributed by atoms with Crippen molar-refractivity contribution in [2.24, 2.45) is 0 Å². The summed E-state index contributed by atoms with van der Waals surface area (Å²) in [5.74, 6) is 0.595. The lowest BCUT2D eigenvalue weighted by Gasteiger charge is -2.13. The van der Waals surface area contributed by atoms with E-state index in [1.54, 1.807) is 37.6 Å². The number of sulfonamides is 1. The fourth-order valence-corrected chi connectivity index (χ4v) is 4.19. The molecule has 0 spiro atoms. The average molecular weight is 393 g/mol. The van der Waals surface area contributed by atoms with Crippen LogP contribution >= 0.6 is 0 Å². The highest BCUT2D eigenvalue weighted by Gasteiger charge is 2.18. The zero-order valence-electron chi connectivity index (χ0n) is 15.4. The Morgan fingerprint density at radius 3 is 2.68 bits per heavy atom. The third kappa shape index (κ3) is 3.44. The molecule has 2 N–H and O–H groups in total. The van der Waals surface area contributed by atoms with E-state index in [4.69, 9.17) is 4.74 Å². The third-order valence-electron chi connectivity index (χ3n) is 4.50. The highest BCUT2D eigenvalue weighted by molar-refractivity contribution is 7.92. The number of rotatable bonds is 5. The van der Waals surface area contributed by atoms with Crippen molar-refractivity contribution in [1.29, 1.82) is 0 Å². The number of anilines is 1. The van der Waals surface area contributed by atoms with Gasteiger partial charge in [-0.25, -0.2) is 8.42 Å². The monoisotopic (exact) mass is 393 g/mol. The highest BCUT2D eigenvalue weighted by Crippen LogP contribution is 2.34. The number of hydrogen-bond donors (Lipinski definition) is 2. The second kappa shape index (κ2) is 7.01. The SMILES string of the molecule is COc1ccc(S(=O)(=O)Nc2cccc(C)c2)cc1-c1ccc2[nH]ncc2c1. The number of nitrogens with zero attached hydrogens (tertiary/aromatic N) is 1. The molecule has 0 radical (unpaired) electrons. The van der Waals surface area contributed by atoms with E-state index < -0.39 is 10.0 Å². The van der Waals surface area contributed by atoms with Gasteiger partial charge in [0.05, 0.1) is 23.7 Å². The number of H-pyrrole nitrogens is 1. The molecule has 0 atom stereocenters. The lowest BCUT2D eigenvalue weighted by atomic mass is 10.0. The predicted octanol–water partition coefficient (Wildman–Crippen LogP) is 4.35. The van der Waals surface area contributed by atoms with Crippen molar-refractivity contribution in [3.63, 3.8) is 0 Å². The van der Waals surface area contributed by atoms with Gasteiger partial charge in [-0.15, -0.1) is 0 Å². The van der Waals surface area contributed by atoms with Crippen LogP contribution in [0.3, 0.4) is 0 Å². The van der Waals surface area contributed by atoms with Crippen LogP contribution in [-0.4, -0.2) is 25.7 Å². The van der Waals surface area contributed by atoms with Crippen LogP contribution in [0.5, 0.6) is 5.75 Å². The Morgan fingerprint density at radius 2 is 1.89 bits per heavy atom. The maximum Gasteiger partial charge on any atom is 0.261 e. The summed E-state index contributed by atoms with van der Waals surface area (Å²) < 4.78 is 33.9. The second-order valence-electron chi connectivity index (χ2n) is 6.51. The number of nitrogens with one attached hydrogen (secondary N) is 2. The molecule has 3 aromatic carbocycles. The number of aromatic nitrogens is 2. The lowest BCUT2D eigenvalue weighted by Crippen LogP contribution is -2.13. The van der Waals surface area contributed by atoms with E-state index in [2.05, 4.69) is 14.9 Å². The minimum atomic E-state index is -3.74. The van der Waals surface area contributed by atoms with Gasteiger partial charge in [0.25, 0.3) is 10.0 Å². The normalized spacial score (nSPS) is 11.5. The average Bonchev–Trinajstić information content (AvgIpc) is 3.15. The standard InChI is InChI=1S/C21H19N3O3S/c1-14-4-3-5-17(10-14)24-28(25,26)18-7-9-21(27-2)19(12-18)15-6-8-20-16(11-15)13-22-23-20/h3-13,24H,1-2H3,(H,22,23). The smallest absolute Gasteiger partial charge is 0.261 e. The first-order chi connectivity index (χ1) is 13.5. The molecule has 28 heavy (non-hydrogen) atoms. The molecule has 0 saturated heterocycles. The Hall–Kier alpha value is -3.32. The maximum absolute atomic E-state index is 12.9. The molecule has 0 bridgehead atoms. The Balaban J connectivity index is 1.77. The zero-order valence-corrected chi connectivity index (χ0v) is 16.2. The van der Waals surface area contributed by atoms with E-state index in [1.165, 1.54) is 6.07 Å². The van der Waals surface area contributed by atoms with Crippen LogP contribution in [0.4, 0.5) is 5.69 Å². The van der Waals surface area contributed by atoms with E-state index in [0.717, 1.165) is 22.0 Å². The van der Waals surface area contributed by atoms with Gasteiger partial charge in [0.15, 0.2) is 0 Å². The molecule has 4 aromatic rings. The van der Waals surface area contributed by atoms with Gasteiger partial charge in [-0.3, -0.25) is 9.82 Å². The summed E-state index contributed by atoms with van der Waals surface area (Å²) in [5.41, 5.74) is 3.95. The highest BCUT2D eigenvalue weighted by atomic mass is 32.2. The molecular formula is C21H19N3O3S. The van der Waals surface area contributed by atoms with Crippen molar-refractivity contribution >= 4 is 26.6 Å². The number of aryl methyl sites for hydroxylation is 1. The molecule has 0 saturated carbocycles. The molecule has 0 aliphatic rings. The van der Waals surface area contributed by atoms with Gasteiger partial charge in [-0.2, -0.15) is 5.10 Å². The van der Waals surface area contributed by atoms with Crippen LogP contribution in [0.25, 0.3) is 22.0 Å². The molecule has 6 nitrogen and oxygen atoms in total. The van der Waals surface area contributed by atoms with E-state index in [1.807, 2.05) is 37.3 Å². The summed E-state index contributed by atoms with van der Waals surface area (Å²) in [7, 11) is -2.18. The Labute approximate surface area is 163 Å². The van der Waals surface area contributed by atoms with Crippen molar-refractivity contribution < 1.29 is 13.2 Å². The number of fused-ring (bicyclic) bond motifs is 1. The van der Waals surface area contributed by atoms with Gasteiger partial charge in [0.2, 0.25) is 0 Å². The van der Waals surface area contributed by atoms with Crippen molar-refractivity contribution in [2.45, 2.75) is 11.8 Å². The minimum Gasteiger partial charge on any atom is -0.496 e. The largest absolute Gasteiger partial charge is 0.496 e. The topological polar surface area (TPSA) is 84.1 Å². The molecule has 0 fully saturated rings. The van der Waals surface area contributed by atoms with Gasteiger partial charge < -0.3 is 4.74 Å². The van der Waals surface area contributed by atoms with Gasteiger partial charge in [0, 0.05) is 16.6 Å². The maximum atomic E-state index is 12.9. The van der Waals surface area contributed by atoms with Gasteiger partial charge in [-0.05, 0) is 60.5 Å². The molecule has 0 aliphatic heterocycles. The predicted molar refractivity (Wildman–Crippen MR) is 110 cm³/mol. The quantitative estimate of drug-likeness (QED) is 0.528. The summed E-state index contributed by atoms with van der Waals surface area (Å²) in [6, 6.07) is 17.8. The van der Waals surface area contributed by atoms with Crippen LogP contribution in [0.15, 0.2) is 71.8 Å². The van der Waals surface area contributed by atoms with Gasteiger partial charge >= 0.3 is 0 Å². The molecule has 142 valence electrons. The van der Waals surface area contributed by atoms with Crippen molar-refractivity contribution in [3.8, 4) is 16.9 Å². The fourth-order valence-electron chi connectivity index (χ4n) is 3.11. The summed E-state index contributed by atoms with van der Waals surface area (Å²) in [5, 5.41) is 7.87. The van der Waals surface area contributed by atoms with Crippen LogP contribution in [-0.2, 0) is 10.0 Å². The first-order valence-electron chi connectivity index (χ1n) is 8.67. The van der Waals surface area contributed by atoms with Gasteiger partial charge in [-0.1, -0.05) is 18.2 Å². The second-order valence-corrected chi connectivity index (χ2v) is 8.19. The van der Waals surface area contributed by atoms with Crippen molar-refractivity contribution in [3.05, 3.63) is 72.4 Å². The van der Waals surface area contributed by atoms with E-state index in [-0.39, 0.29) is 4.90 Å². The van der Waals surface area contributed by atoms with Crippen molar-refractivity contribution in [1.82, 2.24) is 10.2 Å². The fraction of sp³-hybridized carbons (Fsp3) is 0.0952. The zero-order chi connectivity index (χ0) is 19.7. The number of methoxy groups -OCH3 is 1. The third-order valence-corrected chi connectivity index (χ3v) is 5.88. The van der Waals surface area contributed by atoms with Crippen LogP contribution in [0, 0.1) is 6.92 Å². The molecule has 1 heterocycles. The first-order valence-corrected chi connectivity index (χ1v) is 10.2. The van der Waals surface area contributed by atoms with E-state index >= 15 is 0 Å². The number of aromatic amines is 1. The van der Waals surface area contributed by atoms with Crippen molar-refractivity contribution in [2.75, 3.05) is 11.8 Å². The Kier molecular flexibility index (Phi) is 4.52.